The second kappa shape index (κ2) is 2.78. The topological polar surface area (TPSA) is 104 Å². The van der Waals surface area contributed by atoms with Gasteiger partial charge in [-0.25, -0.2) is 4.98 Å². The fourth-order valence-corrected chi connectivity index (χ4v) is 0.567. The molecular weight excluding hydrogens is 152 g/mol. The van der Waals surface area contributed by atoms with Crippen LogP contribution in [0.1, 0.15) is 5.69 Å². The number of H-pyrrole nitrogens is 1. The van der Waals surface area contributed by atoms with Gasteiger partial charge in [0.2, 0.25) is 0 Å². The maximum absolute atomic E-state index is 10.1. The van der Waals surface area contributed by atoms with Gasteiger partial charge in [-0.15, -0.1) is 0 Å². The van der Waals surface area contributed by atoms with Crippen molar-refractivity contribution in [2.45, 2.75) is 0 Å². The van der Waals surface area contributed by atoms with Gasteiger partial charge in [-0.1, -0.05) is 0 Å². The monoisotopic (exact) mass is 156 g/mol. The highest BCUT2D eigenvalue weighted by Crippen LogP contribution is 1.94. The Labute approximate surface area is 60.5 Å². The second-order valence-corrected chi connectivity index (χ2v) is 1.65. The number of hydrogen-bond donors (Lipinski definition) is 2. The zero-order valence-electron chi connectivity index (χ0n) is 5.26. The number of oxime groups is 1. The van der Waals surface area contributed by atoms with Gasteiger partial charge in [0.15, 0.2) is 10.8 Å². The van der Waals surface area contributed by atoms with E-state index >= 15 is 0 Å². The molecule has 1 heterocycles. The number of imidazole rings is 1. The van der Waals surface area contributed by atoms with Gasteiger partial charge in [-0.2, -0.15) is 0 Å². The third kappa shape index (κ3) is 1.31. The molecule has 7 heteroatoms. The summed E-state index contributed by atoms with van der Waals surface area (Å²) in [6.07, 6.45) is 2.45. The van der Waals surface area contributed by atoms with Crippen LogP contribution >= 0.6 is 0 Å². The summed E-state index contributed by atoms with van der Waals surface area (Å²) in [6, 6.07) is 0. The SMILES string of the molecule is O=[N+]([O-])/C(=N\O)c1cnc[nH]1. The summed E-state index contributed by atoms with van der Waals surface area (Å²) in [6.45, 7) is 0. The Morgan fingerprint density at radius 2 is 2.64 bits per heavy atom. The lowest BCUT2D eigenvalue weighted by atomic mass is 10.4. The van der Waals surface area contributed by atoms with Crippen LogP contribution in [0.3, 0.4) is 0 Å². The number of amidine groups is 1. The van der Waals surface area contributed by atoms with E-state index in [0.29, 0.717) is 0 Å². The molecule has 0 atom stereocenters. The van der Waals surface area contributed by atoms with Gasteiger partial charge in [-0.3, -0.25) is 0 Å². The standard InChI is InChI=1S/C4H4N4O3/c9-7-4(8(10)11)3-1-5-2-6-3/h1-2,9H,(H,5,6)/b7-4-. The Kier molecular flexibility index (Phi) is 1.81. The first-order chi connectivity index (χ1) is 5.25. The molecular formula is C4H4N4O3. The Hall–Kier alpha value is -1.92. The smallest absolute Gasteiger partial charge is 0.358 e. The van der Waals surface area contributed by atoms with E-state index in [-0.39, 0.29) is 5.69 Å². The van der Waals surface area contributed by atoms with Crippen LogP contribution < -0.4 is 0 Å². The molecule has 0 aliphatic heterocycles. The zero-order valence-corrected chi connectivity index (χ0v) is 5.26. The number of aromatic amines is 1. The minimum absolute atomic E-state index is 0.0671. The van der Waals surface area contributed by atoms with Crippen LogP contribution in [0.15, 0.2) is 17.7 Å². The second-order valence-electron chi connectivity index (χ2n) is 1.65. The fourth-order valence-electron chi connectivity index (χ4n) is 0.567. The Bertz CT molecular complexity index is 278. The van der Waals surface area contributed by atoms with E-state index in [1.54, 1.807) is 0 Å². The molecule has 1 aromatic rings. The molecule has 1 rings (SSSR count). The first-order valence-corrected chi connectivity index (χ1v) is 2.61. The summed E-state index contributed by atoms with van der Waals surface area (Å²) in [4.78, 5) is 15.2. The summed E-state index contributed by atoms with van der Waals surface area (Å²) in [5, 5.41) is 20.7. The van der Waals surface area contributed by atoms with Crippen LogP contribution in [0.5, 0.6) is 0 Å². The molecule has 0 fully saturated rings. The van der Waals surface area contributed by atoms with Crippen LogP contribution in [0.4, 0.5) is 0 Å². The molecule has 0 saturated heterocycles. The van der Waals surface area contributed by atoms with Gasteiger partial charge in [0.1, 0.15) is 0 Å². The van der Waals surface area contributed by atoms with Crippen LogP contribution in [0.25, 0.3) is 0 Å². The number of nitrogens with zero attached hydrogens (tertiary/aromatic N) is 3. The molecule has 0 radical (unpaired) electrons. The van der Waals surface area contributed by atoms with Crippen LogP contribution in [-0.4, -0.2) is 25.9 Å². The van der Waals surface area contributed by atoms with Crippen molar-refractivity contribution < 1.29 is 10.1 Å². The maximum atomic E-state index is 10.1. The van der Waals surface area contributed by atoms with E-state index in [1.807, 2.05) is 0 Å². The summed E-state index contributed by atoms with van der Waals surface area (Å²) >= 11 is 0. The molecule has 0 spiro atoms. The van der Waals surface area contributed by atoms with Crippen molar-refractivity contribution in [3.8, 4) is 0 Å². The highest BCUT2D eigenvalue weighted by atomic mass is 16.6. The normalized spacial score (nSPS) is 11.5. The van der Waals surface area contributed by atoms with Crippen LogP contribution in [0, 0.1) is 10.1 Å². The predicted molar refractivity (Wildman–Crippen MR) is 33.9 cm³/mol. The lowest BCUT2D eigenvalue weighted by Crippen LogP contribution is -2.13. The molecule has 11 heavy (non-hydrogen) atoms. The molecule has 0 aliphatic rings. The lowest BCUT2D eigenvalue weighted by Gasteiger charge is -1.89. The number of hydrogen-bond acceptors (Lipinski definition) is 5. The summed E-state index contributed by atoms with van der Waals surface area (Å²) < 4.78 is 0. The molecule has 0 saturated carbocycles. The first-order valence-electron chi connectivity index (χ1n) is 2.61. The Morgan fingerprint density at radius 3 is 3.00 bits per heavy atom. The molecule has 0 aliphatic carbocycles. The van der Waals surface area contributed by atoms with Crippen molar-refractivity contribution in [1.82, 2.24) is 9.97 Å². The highest BCUT2D eigenvalue weighted by Gasteiger charge is 2.17. The van der Waals surface area contributed by atoms with E-state index in [0.717, 1.165) is 0 Å². The average molecular weight is 156 g/mol. The third-order valence-electron chi connectivity index (χ3n) is 1.01. The quantitative estimate of drug-likeness (QED) is 0.193. The van der Waals surface area contributed by atoms with Gasteiger partial charge >= 0.3 is 5.84 Å². The molecule has 0 unspecified atom stereocenters. The van der Waals surface area contributed by atoms with Crippen molar-refractivity contribution in [2.24, 2.45) is 5.16 Å². The van der Waals surface area contributed by atoms with E-state index in [2.05, 4.69) is 15.1 Å². The van der Waals surface area contributed by atoms with E-state index in [1.165, 1.54) is 12.5 Å². The lowest BCUT2D eigenvalue weighted by molar-refractivity contribution is -0.351. The highest BCUT2D eigenvalue weighted by molar-refractivity contribution is 5.89. The summed E-state index contributed by atoms with van der Waals surface area (Å²) in [5.74, 6) is -0.650. The number of aromatic nitrogens is 2. The Morgan fingerprint density at radius 1 is 1.91 bits per heavy atom. The van der Waals surface area contributed by atoms with Crippen molar-refractivity contribution in [1.29, 1.82) is 0 Å². The molecule has 1 aromatic heterocycles. The van der Waals surface area contributed by atoms with Crippen molar-refractivity contribution in [3.05, 3.63) is 28.3 Å². The summed E-state index contributed by atoms with van der Waals surface area (Å²) in [7, 11) is 0. The maximum Gasteiger partial charge on any atom is 0.434 e. The largest absolute Gasteiger partial charge is 0.434 e. The third-order valence-corrected chi connectivity index (χ3v) is 1.01. The van der Waals surface area contributed by atoms with Crippen molar-refractivity contribution in [3.63, 3.8) is 0 Å². The van der Waals surface area contributed by atoms with E-state index in [4.69, 9.17) is 5.21 Å². The molecule has 0 amide bonds. The molecule has 58 valence electrons. The van der Waals surface area contributed by atoms with Gasteiger partial charge in [0.25, 0.3) is 0 Å². The predicted octanol–water partition coefficient (Wildman–Crippen LogP) is -0.178. The zero-order chi connectivity index (χ0) is 8.27. The van der Waals surface area contributed by atoms with Gasteiger partial charge in [-0.05, 0) is 4.92 Å². The average Bonchev–Trinajstić information content (AvgIpc) is 2.40. The van der Waals surface area contributed by atoms with Crippen molar-refractivity contribution >= 4 is 5.84 Å². The molecule has 2 N–H and O–H groups in total. The molecule has 0 bridgehead atoms. The van der Waals surface area contributed by atoms with Gasteiger partial charge in [0, 0.05) is 0 Å². The number of nitrogens with one attached hydrogen (secondary N) is 1. The first kappa shape index (κ1) is 7.19. The minimum Gasteiger partial charge on any atom is -0.358 e. The summed E-state index contributed by atoms with van der Waals surface area (Å²) in [5.41, 5.74) is 0.0671. The van der Waals surface area contributed by atoms with E-state index < -0.39 is 10.8 Å². The number of rotatable bonds is 1. The molecule has 7 nitrogen and oxygen atoms in total. The Balaban J connectivity index is 2.99. The van der Waals surface area contributed by atoms with Crippen LogP contribution in [0.2, 0.25) is 0 Å². The number of nitro groups is 1. The van der Waals surface area contributed by atoms with Gasteiger partial charge < -0.3 is 20.3 Å². The van der Waals surface area contributed by atoms with Crippen LogP contribution in [-0.2, 0) is 0 Å². The van der Waals surface area contributed by atoms with Crippen molar-refractivity contribution in [2.75, 3.05) is 0 Å². The molecule has 0 aromatic carbocycles. The van der Waals surface area contributed by atoms with E-state index in [9.17, 15) is 10.1 Å². The fraction of sp³-hybridized carbons (Fsp3) is 0. The van der Waals surface area contributed by atoms with Gasteiger partial charge in [0.05, 0.1) is 12.5 Å². The minimum atomic E-state index is -0.812.